The molecular formula is C21H23ClF2N6O. The molecule has 0 bridgehead atoms. The summed E-state index contributed by atoms with van der Waals surface area (Å²) in [5, 5.41) is 10.4. The Morgan fingerprint density at radius 2 is 2.00 bits per heavy atom. The second-order valence-corrected chi connectivity index (χ2v) is 8.07. The fourth-order valence-corrected chi connectivity index (χ4v) is 3.48. The van der Waals surface area contributed by atoms with Crippen LogP contribution in [0.25, 0.3) is 11.3 Å². The molecule has 7 nitrogen and oxygen atoms in total. The summed E-state index contributed by atoms with van der Waals surface area (Å²) in [4.78, 5) is 9.19. The molecule has 0 aliphatic carbocycles. The van der Waals surface area contributed by atoms with Gasteiger partial charge in [0, 0.05) is 60.9 Å². The van der Waals surface area contributed by atoms with E-state index in [4.69, 9.17) is 16.6 Å². The lowest BCUT2D eigenvalue weighted by molar-refractivity contribution is -0.0964. The number of alkyl halides is 3. The maximum atomic E-state index is 12.7. The van der Waals surface area contributed by atoms with Crippen LogP contribution in [0.3, 0.4) is 0 Å². The molecule has 0 spiro atoms. The first-order valence-electron chi connectivity index (χ1n) is 9.78. The highest BCUT2D eigenvalue weighted by atomic mass is 35.5. The highest BCUT2D eigenvalue weighted by Crippen LogP contribution is 2.32. The van der Waals surface area contributed by atoms with Gasteiger partial charge in [0.25, 0.3) is 0 Å². The van der Waals surface area contributed by atoms with Gasteiger partial charge < -0.3 is 19.9 Å². The van der Waals surface area contributed by atoms with E-state index < -0.39 is 5.57 Å². The maximum Gasteiger partial charge on any atom is 0.487 e. The molecule has 1 aliphatic heterocycles. The summed E-state index contributed by atoms with van der Waals surface area (Å²) >= 11 is 4.79. The van der Waals surface area contributed by atoms with Crippen LogP contribution in [0.2, 0.25) is 0 Å². The summed E-state index contributed by atoms with van der Waals surface area (Å²) in [6.07, 6.45) is 3.56. The Hall–Kier alpha value is -2.91. The van der Waals surface area contributed by atoms with E-state index in [1.165, 1.54) is 12.1 Å². The van der Waals surface area contributed by atoms with Crippen LogP contribution < -0.4 is 15.0 Å². The van der Waals surface area contributed by atoms with Crippen LogP contribution in [0.4, 0.5) is 20.3 Å². The second-order valence-electron chi connectivity index (χ2n) is 7.63. The minimum atomic E-state index is -3.73. The number of H-pyrrole nitrogens is 1. The van der Waals surface area contributed by atoms with Crippen molar-refractivity contribution in [3.05, 3.63) is 54.4 Å². The first-order chi connectivity index (χ1) is 14.8. The largest absolute Gasteiger partial charge is 0.487 e. The molecule has 0 atom stereocenters. The smallest absolute Gasteiger partial charge is 0.420 e. The van der Waals surface area contributed by atoms with Crippen molar-refractivity contribution in [2.24, 2.45) is 0 Å². The van der Waals surface area contributed by atoms with Crippen molar-refractivity contribution in [1.29, 1.82) is 0 Å². The van der Waals surface area contributed by atoms with E-state index in [9.17, 15) is 8.78 Å². The monoisotopic (exact) mass is 448 g/mol. The van der Waals surface area contributed by atoms with E-state index in [1.54, 1.807) is 18.3 Å². The molecule has 0 saturated carbocycles. The minimum absolute atomic E-state index is 0.0105. The molecule has 1 aromatic carbocycles. The summed E-state index contributed by atoms with van der Waals surface area (Å²) in [6, 6.07) is 10.7. The Bertz CT molecular complexity index is 1000. The average molecular weight is 449 g/mol. The Kier molecular flexibility index (Phi) is 5.97. The zero-order valence-electron chi connectivity index (χ0n) is 17.1. The molecule has 2 aromatic heterocycles. The van der Waals surface area contributed by atoms with Crippen LogP contribution in [-0.4, -0.2) is 58.9 Å². The second kappa shape index (κ2) is 8.68. The van der Waals surface area contributed by atoms with Crippen LogP contribution in [0.5, 0.6) is 5.75 Å². The number of aromatic nitrogens is 3. The first kappa shape index (κ1) is 21.3. The van der Waals surface area contributed by atoms with Gasteiger partial charge in [0.1, 0.15) is 11.6 Å². The Morgan fingerprint density at radius 1 is 1.26 bits per heavy atom. The van der Waals surface area contributed by atoms with E-state index in [2.05, 4.69) is 50.2 Å². The number of likely N-dealkylation sites (N-methyl/N-ethyl adjacent to an activating group) is 1. The molecule has 0 amide bonds. The van der Waals surface area contributed by atoms with Crippen molar-refractivity contribution in [3.63, 3.8) is 0 Å². The van der Waals surface area contributed by atoms with Crippen molar-refractivity contribution in [2.45, 2.75) is 18.2 Å². The fraction of sp³-hybridized carbons (Fsp3) is 0.333. The minimum Gasteiger partial charge on any atom is -0.420 e. The van der Waals surface area contributed by atoms with Gasteiger partial charge in [-0.15, -0.1) is 8.78 Å². The number of nitrogens with one attached hydrogen (secondary N) is 2. The molecule has 4 rings (SSSR count). The van der Waals surface area contributed by atoms with E-state index in [-0.39, 0.29) is 5.75 Å². The van der Waals surface area contributed by atoms with Crippen LogP contribution in [-0.2, 0) is 6.54 Å². The highest BCUT2D eigenvalue weighted by molar-refractivity contribution is 6.20. The molecule has 1 saturated heterocycles. The number of anilines is 2. The summed E-state index contributed by atoms with van der Waals surface area (Å²) < 4.78 is 29.8. The van der Waals surface area contributed by atoms with Gasteiger partial charge in [0.2, 0.25) is 0 Å². The fourth-order valence-electron chi connectivity index (χ4n) is 3.39. The molecule has 3 aromatic rings. The van der Waals surface area contributed by atoms with Crippen molar-refractivity contribution in [2.75, 3.05) is 37.4 Å². The average Bonchev–Trinajstić information content (AvgIpc) is 3.20. The van der Waals surface area contributed by atoms with Crippen LogP contribution in [0, 0.1) is 0 Å². The normalized spacial score (nSPS) is 14.6. The third kappa shape index (κ3) is 5.23. The standard InChI is InChI=1S/C21H23ClF2N6O/c1-29(2)16-12-30(13-16)20-18(19-7-8-27-28-19)9-14(11-26-20)10-25-15-3-5-17(6-4-15)31-21(22,23)24/h3-9,11,16,25H,10,12-13H2,1-2H3,(H,27,28). The van der Waals surface area contributed by atoms with Gasteiger partial charge >= 0.3 is 5.57 Å². The van der Waals surface area contributed by atoms with Gasteiger partial charge in [0.15, 0.2) is 0 Å². The summed E-state index contributed by atoms with van der Waals surface area (Å²) in [5.41, 5.74) is -0.100. The number of hydrogen-bond acceptors (Lipinski definition) is 6. The van der Waals surface area contributed by atoms with Crippen molar-refractivity contribution < 1.29 is 13.5 Å². The predicted molar refractivity (Wildman–Crippen MR) is 117 cm³/mol. The molecule has 10 heteroatoms. The quantitative estimate of drug-likeness (QED) is 0.508. The molecule has 1 aliphatic rings. The van der Waals surface area contributed by atoms with Gasteiger partial charge in [0.05, 0.1) is 5.69 Å². The molecule has 164 valence electrons. The number of benzene rings is 1. The third-order valence-corrected chi connectivity index (χ3v) is 5.27. The lowest BCUT2D eigenvalue weighted by Gasteiger charge is -2.44. The number of nitrogens with zero attached hydrogens (tertiary/aromatic N) is 4. The molecule has 0 radical (unpaired) electrons. The summed E-state index contributed by atoms with van der Waals surface area (Å²) in [7, 11) is 4.17. The molecule has 0 unspecified atom stereocenters. The van der Waals surface area contributed by atoms with Crippen LogP contribution >= 0.6 is 11.6 Å². The molecule has 31 heavy (non-hydrogen) atoms. The van der Waals surface area contributed by atoms with E-state index in [0.29, 0.717) is 12.6 Å². The van der Waals surface area contributed by atoms with Gasteiger partial charge in [-0.3, -0.25) is 5.10 Å². The van der Waals surface area contributed by atoms with Crippen molar-refractivity contribution in [3.8, 4) is 17.0 Å². The van der Waals surface area contributed by atoms with Crippen molar-refractivity contribution >= 4 is 23.1 Å². The Balaban J connectivity index is 1.46. The number of ether oxygens (including phenoxy) is 1. The molecule has 3 heterocycles. The molecular weight excluding hydrogens is 426 g/mol. The Morgan fingerprint density at radius 3 is 2.61 bits per heavy atom. The van der Waals surface area contributed by atoms with Gasteiger partial charge in [-0.25, -0.2) is 4.98 Å². The molecule has 2 N–H and O–H groups in total. The SMILES string of the molecule is CN(C)C1CN(c2ncc(CNc3ccc(OC(F)(F)Cl)cc3)cc2-c2ccn[nH]2)C1. The maximum absolute atomic E-state index is 12.7. The van der Waals surface area contributed by atoms with Gasteiger partial charge in [-0.2, -0.15) is 5.10 Å². The predicted octanol–water partition coefficient (Wildman–Crippen LogP) is 4.00. The summed E-state index contributed by atoms with van der Waals surface area (Å²) in [6.45, 7) is 2.36. The number of aromatic amines is 1. The summed E-state index contributed by atoms with van der Waals surface area (Å²) in [5.74, 6) is 0.915. The van der Waals surface area contributed by atoms with Crippen molar-refractivity contribution in [1.82, 2.24) is 20.1 Å². The topological polar surface area (TPSA) is 69.3 Å². The lowest BCUT2D eigenvalue weighted by atomic mass is 10.0. The lowest BCUT2D eigenvalue weighted by Crippen LogP contribution is -2.57. The third-order valence-electron chi connectivity index (χ3n) is 5.19. The highest BCUT2D eigenvalue weighted by Gasteiger charge is 2.31. The van der Waals surface area contributed by atoms with Crippen LogP contribution in [0.1, 0.15) is 5.56 Å². The van der Waals surface area contributed by atoms with E-state index in [1.807, 2.05) is 12.3 Å². The number of hydrogen-bond donors (Lipinski definition) is 2. The Labute approximate surface area is 184 Å². The van der Waals surface area contributed by atoms with Crippen LogP contribution in [0.15, 0.2) is 48.8 Å². The van der Waals surface area contributed by atoms with E-state index >= 15 is 0 Å². The van der Waals surface area contributed by atoms with Gasteiger partial charge in [-0.1, -0.05) is 0 Å². The number of halogens is 3. The zero-order valence-corrected chi connectivity index (χ0v) is 17.9. The van der Waals surface area contributed by atoms with E-state index in [0.717, 1.165) is 41.4 Å². The molecule has 1 fully saturated rings. The zero-order chi connectivity index (χ0) is 22.0. The number of pyridine rings is 1. The first-order valence-corrected chi connectivity index (χ1v) is 10.2. The van der Waals surface area contributed by atoms with Gasteiger partial charge in [-0.05, 0) is 56.1 Å². The number of rotatable bonds is 8.